The largest absolute Gasteiger partial charge is 0.481 e. The van der Waals surface area contributed by atoms with Crippen molar-refractivity contribution in [2.24, 2.45) is 45.3 Å². The second-order valence-corrected chi connectivity index (χ2v) is 26.0. The summed E-state index contributed by atoms with van der Waals surface area (Å²) in [6, 6.07) is 0. The Bertz CT molecular complexity index is 2490. The zero-order valence-electron chi connectivity index (χ0n) is 47.9. The van der Waals surface area contributed by atoms with Crippen molar-refractivity contribution in [3.05, 3.63) is 0 Å². The summed E-state index contributed by atoms with van der Waals surface area (Å²) in [6.07, 6.45) is -55.7. The highest BCUT2D eigenvalue weighted by molar-refractivity contribution is 6.01. The van der Waals surface area contributed by atoms with Gasteiger partial charge >= 0.3 is 5.97 Å². The van der Waals surface area contributed by atoms with Crippen molar-refractivity contribution in [3.63, 3.8) is 0 Å². The highest BCUT2D eigenvalue weighted by Crippen LogP contribution is 3.18. The molecule has 0 unspecified atom stereocenters. The van der Waals surface area contributed by atoms with Gasteiger partial charge in [-0.1, -0.05) is 26.7 Å². The molecular weight excluding hydrogens is 1190 g/mol. The number of nitrogens with one attached hydrogen (secondary N) is 2. The summed E-state index contributed by atoms with van der Waals surface area (Å²) < 4.78 is 70.2. The van der Waals surface area contributed by atoms with Gasteiger partial charge in [-0.25, -0.2) is 0 Å². The van der Waals surface area contributed by atoms with E-state index in [2.05, 4.69) is 24.5 Å². The first-order valence-corrected chi connectivity index (χ1v) is 30.2. The molecule has 1 amide bonds. The van der Waals surface area contributed by atoms with E-state index in [-0.39, 0.29) is 41.0 Å². The van der Waals surface area contributed by atoms with Crippen molar-refractivity contribution in [1.82, 2.24) is 10.6 Å². The van der Waals surface area contributed by atoms with Crippen LogP contribution < -0.4 is 10.6 Å². The van der Waals surface area contributed by atoms with Crippen LogP contribution in [0, 0.1) is 45.3 Å². The molecule has 0 aromatic heterocycles. The van der Waals surface area contributed by atoms with Gasteiger partial charge in [-0.15, -0.1) is 0 Å². The Labute approximate surface area is 501 Å². The third-order valence-corrected chi connectivity index (χ3v) is 22.2. The second-order valence-electron chi connectivity index (χ2n) is 26.0. The van der Waals surface area contributed by atoms with E-state index < -0.39 is 234 Å². The summed E-state index contributed by atoms with van der Waals surface area (Å²) >= 11 is 0. The van der Waals surface area contributed by atoms with Crippen LogP contribution in [-0.4, -0.2) is 341 Å². The number of carbonyl (C=O) groups excluding carboxylic acids is 1. The maximum atomic E-state index is 13.7. The van der Waals surface area contributed by atoms with Crippen molar-refractivity contribution >= 4 is 11.9 Å². The van der Waals surface area contributed by atoms with Gasteiger partial charge in [-0.3, -0.25) is 9.59 Å². The van der Waals surface area contributed by atoms with E-state index in [9.17, 15) is 102 Å². The molecule has 0 spiro atoms. The topological polar surface area (TPSA) is 533 Å². The average Bonchev–Trinajstić information content (AvgIpc) is 0.529. The number of ether oxygens (including phenoxy) is 12. The first-order valence-electron chi connectivity index (χ1n) is 30.2. The van der Waals surface area contributed by atoms with Crippen LogP contribution >= 0.6 is 0 Å². The van der Waals surface area contributed by atoms with Gasteiger partial charge in [0.25, 0.3) is 0 Å². The van der Waals surface area contributed by atoms with Crippen LogP contribution in [0.25, 0.3) is 0 Å². The molecule has 88 heavy (non-hydrogen) atoms. The minimum absolute atomic E-state index is 0.0677. The highest BCUT2D eigenvalue weighted by atomic mass is 16.8. The third-order valence-electron chi connectivity index (χ3n) is 22.2. The van der Waals surface area contributed by atoms with E-state index in [4.69, 9.17) is 56.8 Å². The number of carbonyl (C=O) groups is 2. The van der Waals surface area contributed by atoms with Crippen LogP contribution in [0.3, 0.4) is 0 Å². The summed E-state index contributed by atoms with van der Waals surface area (Å²) in [7, 11) is 0. The molecule has 6 aliphatic carbocycles. The molecule has 38 atom stereocenters. The number of aliphatic hydroxyl groups excluding tert-OH is 17. The molecule has 34 nitrogen and oxygen atoms in total. The van der Waals surface area contributed by atoms with Crippen LogP contribution in [0.2, 0.25) is 0 Å². The Balaban J connectivity index is 0.744. The number of amides is 1. The van der Waals surface area contributed by atoms with E-state index in [1.54, 1.807) is 0 Å². The summed E-state index contributed by atoms with van der Waals surface area (Å²) in [4.78, 5) is 26.0. The van der Waals surface area contributed by atoms with E-state index in [1.165, 1.54) is 0 Å². The molecule has 22 heterocycles. The van der Waals surface area contributed by atoms with Gasteiger partial charge in [0.2, 0.25) is 5.91 Å². The summed E-state index contributed by atoms with van der Waals surface area (Å²) in [5.41, 5.74) is -1.62. The lowest BCUT2D eigenvalue weighted by molar-refractivity contribution is -0.705. The fraction of sp³-hybridized carbons (Fsp3) is 0.963. The Morgan fingerprint density at radius 1 is 0.386 bits per heavy atom. The number of aliphatic carboxylic acids is 1. The minimum Gasteiger partial charge on any atom is -0.481 e. The molecule has 6 saturated carbocycles. The van der Waals surface area contributed by atoms with Crippen LogP contribution in [0.1, 0.15) is 39.5 Å². The lowest BCUT2D eigenvalue weighted by atomic mass is 8.84. The lowest BCUT2D eigenvalue weighted by Gasteiger charge is -3.16. The Kier molecular flexibility index (Phi) is 18.3. The Morgan fingerprint density at radius 3 is 0.977 bits per heavy atom. The predicted octanol–water partition coefficient (Wildman–Crippen LogP) is -11.2. The molecule has 502 valence electrons. The monoisotopic (exact) mass is 1270 g/mol. The predicted molar refractivity (Wildman–Crippen MR) is 276 cm³/mol. The summed E-state index contributed by atoms with van der Waals surface area (Å²) in [6.45, 7) is -0.283. The van der Waals surface area contributed by atoms with Crippen molar-refractivity contribution < 1.29 is 158 Å². The zero-order chi connectivity index (χ0) is 63.2. The molecule has 0 radical (unpaired) electrons. The van der Waals surface area contributed by atoms with Gasteiger partial charge in [0, 0.05) is 13.1 Å². The van der Waals surface area contributed by atoms with Crippen LogP contribution in [0.4, 0.5) is 0 Å². The number of carboxylic acid groups (broad SMARTS) is 1. The SMILES string of the molecule is C[C@]12[C@@H]3[C@@H]4[C@@H]5[C@@]3(C(=O)O)[C@H]1[C@@]5(C(=O)NCCCCCCNC[C@H]1O[C@@H]3O[C@H]5[C@H](O)[C@@H](O)[C@@H](O[C@H]6[C@H](O)[C@@H](O)[C@@H](O[C@H]7[C@H](O)[C@@H](O)[C@@H](O[C@H]8[C@H](O)[C@@H](O)[C@@H](O[C@H]9[C@H](O)[C@@H](O)[C@@H](O[C@H]1[C@H](O)[C@H]3O)O[C@@H]9CO)O[C@@H]8CO)O[C@@H]7CO)O[C@@H]6CO)O[C@@H]5CO)[C@@]42C. The number of rotatable bonds is 16. The van der Waals surface area contributed by atoms with E-state index in [1.807, 2.05) is 0 Å². The molecule has 34 heteroatoms. The van der Waals surface area contributed by atoms with Gasteiger partial charge in [0.15, 0.2) is 37.7 Å². The Morgan fingerprint density at radius 2 is 0.682 bits per heavy atom. The summed E-state index contributed by atoms with van der Waals surface area (Å²) in [5, 5.41) is 207. The van der Waals surface area contributed by atoms with Gasteiger partial charge < -0.3 is 159 Å². The van der Waals surface area contributed by atoms with Crippen LogP contribution in [0.5, 0.6) is 0 Å². The number of unbranched alkanes of at least 4 members (excludes halogenated alkanes) is 3. The second kappa shape index (κ2) is 24.5. The molecular formula is C54H84N2O32. The molecule has 22 aliphatic heterocycles. The maximum absolute atomic E-state index is 13.7. The van der Waals surface area contributed by atoms with Gasteiger partial charge in [0.1, 0.15) is 146 Å². The van der Waals surface area contributed by atoms with Gasteiger partial charge in [-0.05, 0) is 53.9 Å². The van der Waals surface area contributed by atoms with Crippen LogP contribution in [-0.2, 0) is 66.4 Å². The standard InChI is InChI=1S/C54H84N2O32/c1-51-40-21-41-53(40,50(75)76)48(51)54(41,52(21,51)2)49(74)56-8-6-4-3-5-7-55-9-15-34-22(62)28(68)42(77-15)84-35-16(10-57)79-44(30(70)24(35)64)86-37-18(12-59)81-46(32(72)26(37)66)88-39-20(14-61)82-47(33(73)27(39)67)87-38-19(13-60)80-45(31(71)25(38)65)85-36-17(11-58)78-43(83-34)29(69)23(36)63/h15-48,55,57-73H,3-14H2,1-2H3,(H,56,74)(H,75,76)/t15-,16-,17-,18-,19-,20-,21-,22-,23-,24-,25-,26-,27-,28-,29-,30-,31-,32-,33-,34-,35-,36-,37-,38-,39-,40+,41-,42-,43-,44-,45-,46-,47-,48+,51+,52+,53-,54+/m1/s1. The molecule has 28 fully saturated rings. The molecule has 0 aromatic rings. The van der Waals surface area contributed by atoms with Gasteiger partial charge in [-0.2, -0.15) is 0 Å². The molecule has 22 saturated heterocycles. The lowest BCUT2D eigenvalue weighted by Crippen LogP contribution is -3.19. The molecule has 28 aliphatic rings. The number of hydrogen-bond donors (Lipinski definition) is 20. The molecule has 28 rings (SSSR count). The van der Waals surface area contributed by atoms with E-state index in [0.29, 0.717) is 44.7 Å². The fourth-order valence-electron chi connectivity index (χ4n) is 18.1. The Hall–Kier alpha value is -2.26. The van der Waals surface area contributed by atoms with Crippen LogP contribution in [0.15, 0.2) is 0 Å². The first-order chi connectivity index (χ1) is 41.9. The van der Waals surface area contributed by atoms with Crippen molar-refractivity contribution in [3.8, 4) is 0 Å². The van der Waals surface area contributed by atoms with Gasteiger partial charge in [0.05, 0.1) is 43.9 Å². The number of aliphatic hydroxyl groups is 17. The first kappa shape index (κ1) is 65.8. The van der Waals surface area contributed by atoms with E-state index >= 15 is 0 Å². The van der Waals surface area contributed by atoms with Crippen molar-refractivity contribution in [2.75, 3.05) is 52.7 Å². The smallest absolute Gasteiger partial charge is 0.310 e. The third kappa shape index (κ3) is 9.19. The minimum atomic E-state index is -2.16. The van der Waals surface area contributed by atoms with Crippen molar-refractivity contribution in [2.45, 2.75) is 224 Å². The van der Waals surface area contributed by atoms with Crippen molar-refractivity contribution in [1.29, 1.82) is 0 Å². The normalized spacial score (nSPS) is 56.7. The molecule has 0 aromatic carbocycles. The fourth-order valence-corrected chi connectivity index (χ4v) is 18.1. The number of hydrogen-bond acceptors (Lipinski definition) is 32. The summed E-state index contributed by atoms with van der Waals surface area (Å²) in [5.74, 6) is -0.643. The zero-order valence-corrected chi connectivity index (χ0v) is 47.9. The van der Waals surface area contributed by atoms with E-state index in [0.717, 1.165) is 0 Å². The molecule has 12 bridgehead atoms. The average molecular weight is 1270 g/mol. The number of carboxylic acids is 1. The quantitative estimate of drug-likeness (QED) is 0.0638. The maximum Gasteiger partial charge on any atom is 0.310 e. The molecule has 20 N–H and O–H groups in total. The highest BCUT2D eigenvalue weighted by Gasteiger charge is 3.21.